The molecule has 1 aromatic rings. The third-order valence-corrected chi connectivity index (χ3v) is 5.34. The van der Waals surface area contributed by atoms with Gasteiger partial charge in [-0.2, -0.15) is 0 Å². The molecule has 0 atom stereocenters. The van der Waals surface area contributed by atoms with Gasteiger partial charge < -0.3 is 8.85 Å². The average molecular weight is 344 g/mol. The minimum Gasteiger partial charge on any atom is -0.393 e. The largest absolute Gasteiger partial charge is 0.393 e. The predicted octanol–water partition coefficient (Wildman–Crippen LogP) is 5.41. The fraction of sp³-hybridized carbons (Fsp3) is 0.667. The summed E-state index contributed by atoms with van der Waals surface area (Å²) >= 11 is 0. The second-order valence-corrected chi connectivity index (χ2v) is 7.54. The van der Waals surface area contributed by atoms with Crippen LogP contribution in [0.3, 0.4) is 0 Å². The summed E-state index contributed by atoms with van der Waals surface area (Å²) in [5.41, 5.74) is 0.605. The van der Waals surface area contributed by atoms with Gasteiger partial charge in [0.1, 0.15) is 11.6 Å². The highest BCUT2D eigenvalue weighted by atomic mass is 28.3. The summed E-state index contributed by atoms with van der Waals surface area (Å²) in [6.07, 6.45) is 6.88. The van der Waals surface area contributed by atoms with Crippen molar-refractivity contribution in [3.63, 3.8) is 0 Å². The van der Waals surface area contributed by atoms with E-state index >= 15 is 0 Å². The van der Waals surface area contributed by atoms with Gasteiger partial charge in [0.2, 0.25) is 0 Å². The van der Waals surface area contributed by atoms with E-state index in [-0.39, 0.29) is 0 Å². The Morgan fingerprint density at radius 3 is 2.17 bits per heavy atom. The van der Waals surface area contributed by atoms with E-state index < -0.39 is 20.9 Å². The van der Waals surface area contributed by atoms with Crippen LogP contribution in [-0.2, 0) is 15.3 Å². The highest BCUT2D eigenvalue weighted by Crippen LogP contribution is 2.15. The summed E-state index contributed by atoms with van der Waals surface area (Å²) in [6, 6.07) is 4.84. The van der Waals surface area contributed by atoms with Crippen LogP contribution in [0.15, 0.2) is 18.2 Å². The maximum Gasteiger partial charge on any atom is 0.384 e. The third kappa shape index (κ3) is 9.18. The van der Waals surface area contributed by atoms with Crippen molar-refractivity contribution in [3.05, 3.63) is 35.4 Å². The molecule has 5 heteroatoms. The van der Waals surface area contributed by atoms with Gasteiger partial charge in [0.15, 0.2) is 0 Å². The molecule has 0 unspecified atom stereocenters. The van der Waals surface area contributed by atoms with E-state index in [1.54, 1.807) is 6.07 Å². The molecule has 1 radical (unpaired) electrons. The quantitative estimate of drug-likeness (QED) is 0.352. The van der Waals surface area contributed by atoms with E-state index in [2.05, 4.69) is 13.8 Å². The van der Waals surface area contributed by atoms with Crippen LogP contribution in [0.4, 0.5) is 8.78 Å². The fourth-order valence-electron chi connectivity index (χ4n) is 2.28. The van der Waals surface area contributed by atoms with Crippen molar-refractivity contribution in [1.82, 2.24) is 0 Å². The molecule has 0 aliphatic carbocycles. The fourth-order valence-corrected chi connectivity index (χ4v) is 4.05. The Balaban J connectivity index is 2.15. The van der Waals surface area contributed by atoms with Crippen LogP contribution in [-0.4, -0.2) is 22.5 Å². The van der Waals surface area contributed by atoms with Gasteiger partial charge in [-0.15, -0.1) is 0 Å². The minimum atomic E-state index is -1.12. The second-order valence-electron chi connectivity index (χ2n) is 5.72. The Labute approximate surface area is 141 Å². The highest BCUT2D eigenvalue weighted by molar-refractivity contribution is 6.44. The lowest BCUT2D eigenvalue weighted by molar-refractivity contribution is 0.195. The van der Waals surface area contributed by atoms with Crippen LogP contribution in [0.1, 0.15) is 57.9 Å². The average Bonchev–Trinajstić information content (AvgIpc) is 2.54. The van der Waals surface area contributed by atoms with Crippen LogP contribution in [0, 0.1) is 11.6 Å². The molecule has 1 aromatic carbocycles. The van der Waals surface area contributed by atoms with Crippen LogP contribution < -0.4 is 0 Å². The molecule has 0 amide bonds. The molecule has 0 fully saturated rings. The smallest absolute Gasteiger partial charge is 0.384 e. The van der Waals surface area contributed by atoms with Crippen LogP contribution >= 0.6 is 0 Å². The molecule has 0 bridgehead atoms. The van der Waals surface area contributed by atoms with Gasteiger partial charge in [-0.3, -0.25) is 0 Å². The molecule has 2 nitrogen and oxygen atoms in total. The highest BCUT2D eigenvalue weighted by Gasteiger charge is 2.14. The first kappa shape index (κ1) is 20.3. The number of rotatable bonds is 13. The topological polar surface area (TPSA) is 18.5 Å². The molecule has 0 N–H and O–H groups in total. The Morgan fingerprint density at radius 1 is 0.913 bits per heavy atom. The zero-order chi connectivity index (χ0) is 16.9. The van der Waals surface area contributed by atoms with Crippen molar-refractivity contribution in [2.75, 3.05) is 13.2 Å². The molecule has 23 heavy (non-hydrogen) atoms. The maximum atomic E-state index is 13.5. The Kier molecular flexibility index (Phi) is 11.1. The summed E-state index contributed by atoms with van der Waals surface area (Å²) in [7, 11) is -1.12. The SMILES string of the molecule is CCCO[Si](CCCCCCc1ccc(F)cc1F)OCCC. The molecule has 0 spiro atoms. The minimum absolute atomic E-state index is 0.434. The summed E-state index contributed by atoms with van der Waals surface area (Å²) in [5, 5.41) is 0. The van der Waals surface area contributed by atoms with E-state index in [4.69, 9.17) is 8.85 Å². The lowest BCUT2D eigenvalue weighted by atomic mass is 10.1. The Morgan fingerprint density at radius 2 is 1.57 bits per heavy atom. The molecule has 1 rings (SSSR count). The molecule has 0 aromatic heterocycles. The van der Waals surface area contributed by atoms with Gasteiger partial charge in [0, 0.05) is 19.3 Å². The molecule has 0 aliphatic heterocycles. The molecular weight excluding hydrogens is 314 g/mol. The van der Waals surface area contributed by atoms with Gasteiger partial charge in [-0.1, -0.05) is 39.2 Å². The van der Waals surface area contributed by atoms with Crippen molar-refractivity contribution in [3.8, 4) is 0 Å². The monoisotopic (exact) mass is 343 g/mol. The summed E-state index contributed by atoms with van der Waals surface area (Å²) in [6.45, 7) is 5.77. The van der Waals surface area contributed by atoms with Gasteiger partial charge in [0.25, 0.3) is 0 Å². The Bertz CT molecular complexity index is 421. The van der Waals surface area contributed by atoms with E-state index in [1.165, 1.54) is 6.07 Å². The van der Waals surface area contributed by atoms with E-state index in [0.717, 1.165) is 63.8 Å². The van der Waals surface area contributed by atoms with Gasteiger partial charge in [-0.25, -0.2) is 8.78 Å². The zero-order valence-corrected chi connectivity index (χ0v) is 15.4. The van der Waals surface area contributed by atoms with Crippen molar-refractivity contribution in [1.29, 1.82) is 0 Å². The molecular formula is C18H29F2O2Si. The first-order valence-corrected chi connectivity index (χ1v) is 10.2. The molecule has 0 saturated carbocycles. The first-order chi connectivity index (χ1) is 11.2. The number of aryl methyl sites for hydroxylation is 1. The van der Waals surface area contributed by atoms with Gasteiger partial charge in [-0.05, 0) is 43.4 Å². The number of unbranched alkanes of at least 4 members (excludes halogenated alkanes) is 3. The summed E-state index contributed by atoms with van der Waals surface area (Å²) in [4.78, 5) is 0. The standard InChI is InChI=1S/C18H29F2O2Si/c1-3-12-21-23(22-13-4-2)14-8-6-5-7-9-16-10-11-17(19)15-18(16)20/h10-11,15H,3-9,12-14H2,1-2H3. The molecule has 0 heterocycles. The molecule has 131 valence electrons. The summed E-state index contributed by atoms with van der Waals surface area (Å²) in [5.74, 6) is -0.948. The van der Waals surface area contributed by atoms with Crippen LogP contribution in [0.25, 0.3) is 0 Å². The van der Waals surface area contributed by atoms with Crippen LogP contribution in [0.5, 0.6) is 0 Å². The van der Waals surface area contributed by atoms with Crippen LogP contribution in [0.2, 0.25) is 6.04 Å². The van der Waals surface area contributed by atoms with Gasteiger partial charge in [0.05, 0.1) is 0 Å². The van der Waals surface area contributed by atoms with Crippen molar-refractivity contribution < 1.29 is 17.6 Å². The normalized spacial score (nSPS) is 11.3. The maximum absolute atomic E-state index is 13.5. The Hall–Kier alpha value is -0.783. The van der Waals surface area contributed by atoms with Gasteiger partial charge >= 0.3 is 9.28 Å². The number of hydrogen-bond acceptors (Lipinski definition) is 2. The lowest BCUT2D eigenvalue weighted by Crippen LogP contribution is -2.23. The lowest BCUT2D eigenvalue weighted by Gasteiger charge is -2.14. The number of hydrogen-bond donors (Lipinski definition) is 0. The number of halogens is 2. The van der Waals surface area contributed by atoms with E-state index in [1.807, 2.05) is 0 Å². The second kappa shape index (κ2) is 12.6. The third-order valence-electron chi connectivity index (χ3n) is 3.53. The zero-order valence-electron chi connectivity index (χ0n) is 14.4. The van der Waals surface area contributed by atoms with Crippen molar-refractivity contribution in [2.45, 2.75) is 64.8 Å². The van der Waals surface area contributed by atoms with E-state index in [9.17, 15) is 8.78 Å². The summed E-state index contributed by atoms with van der Waals surface area (Å²) < 4.78 is 37.9. The molecule has 0 saturated heterocycles. The predicted molar refractivity (Wildman–Crippen MR) is 91.6 cm³/mol. The molecule has 0 aliphatic rings. The van der Waals surface area contributed by atoms with Crippen molar-refractivity contribution >= 4 is 9.28 Å². The number of benzene rings is 1. The van der Waals surface area contributed by atoms with E-state index in [0.29, 0.717) is 12.0 Å². The first-order valence-electron chi connectivity index (χ1n) is 8.72. The van der Waals surface area contributed by atoms with Crippen molar-refractivity contribution in [2.24, 2.45) is 0 Å².